The van der Waals surface area contributed by atoms with Gasteiger partial charge in [0, 0.05) is 12.1 Å². The molecule has 8 heteroatoms. The van der Waals surface area contributed by atoms with Crippen molar-refractivity contribution in [3.63, 3.8) is 0 Å². The lowest BCUT2D eigenvalue weighted by Crippen LogP contribution is -2.31. The average Bonchev–Trinajstić information content (AvgIpc) is 2.86. The molecule has 0 radical (unpaired) electrons. The predicted molar refractivity (Wildman–Crippen MR) is 67.6 cm³/mol. The fraction of sp³-hybridized carbons (Fsp3) is 0. The molecule has 0 bridgehead atoms. The normalized spacial score (nSPS) is 11.8. The minimum atomic E-state index is -3.64. The van der Waals surface area contributed by atoms with Gasteiger partial charge >= 0.3 is 0 Å². The van der Waals surface area contributed by atoms with E-state index in [0.29, 0.717) is 4.73 Å². The topological polar surface area (TPSA) is 85.5 Å². The van der Waals surface area contributed by atoms with E-state index in [1.807, 2.05) is 4.83 Å². The van der Waals surface area contributed by atoms with E-state index in [1.54, 1.807) is 23.6 Å². The molecule has 2 aromatic heterocycles. The van der Waals surface area contributed by atoms with Gasteiger partial charge in [-0.15, -0.1) is 11.3 Å². The molecule has 0 unspecified atom stereocenters. The van der Waals surface area contributed by atoms with Crippen LogP contribution in [0.2, 0.25) is 0 Å². The number of aromatic nitrogens is 1. The van der Waals surface area contributed by atoms with Crippen molar-refractivity contribution >= 4 is 27.6 Å². The van der Waals surface area contributed by atoms with Crippen molar-refractivity contribution in [3.05, 3.63) is 52.8 Å². The van der Waals surface area contributed by atoms with E-state index < -0.39 is 10.0 Å². The highest BCUT2D eigenvalue weighted by molar-refractivity contribution is 7.91. The van der Waals surface area contributed by atoms with Gasteiger partial charge in [0.05, 0.1) is 0 Å². The largest absolute Gasteiger partial charge is 0.618 e. The Balaban J connectivity index is 2.11. The third-order valence-electron chi connectivity index (χ3n) is 1.98. The van der Waals surface area contributed by atoms with Crippen LogP contribution in [0.5, 0.6) is 0 Å². The maximum absolute atomic E-state index is 11.7. The summed E-state index contributed by atoms with van der Waals surface area (Å²) in [6, 6.07) is 7.85. The van der Waals surface area contributed by atoms with Crippen molar-refractivity contribution in [1.29, 1.82) is 0 Å². The van der Waals surface area contributed by atoms with Gasteiger partial charge in [0.15, 0.2) is 6.20 Å². The highest BCUT2D eigenvalue weighted by Gasteiger charge is 2.13. The van der Waals surface area contributed by atoms with Gasteiger partial charge in [0.1, 0.15) is 10.4 Å². The average molecular weight is 283 g/mol. The zero-order valence-corrected chi connectivity index (χ0v) is 10.7. The zero-order valence-electron chi connectivity index (χ0n) is 9.05. The minimum absolute atomic E-state index is 0.169. The summed E-state index contributed by atoms with van der Waals surface area (Å²) in [5.74, 6) is 0. The number of hydrogen-bond acceptors (Lipinski definition) is 5. The second-order valence-corrected chi connectivity index (χ2v) is 6.07. The third-order valence-corrected chi connectivity index (χ3v) is 4.60. The fourth-order valence-corrected chi connectivity index (χ4v) is 2.94. The maximum atomic E-state index is 11.7. The summed E-state index contributed by atoms with van der Waals surface area (Å²) in [4.78, 5) is 2.04. The van der Waals surface area contributed by atoms with Gasteiger partial charge in [-0.2, -0.15) is 23.1 Å². The Morgan fingerprint density at radius 2 is 2.17 bits per heavy atom. The number of nitrogens with zero attached hydrogens (tertiary/aromatic N) is 2. The molecule has 0 saturated heterocycles. The van der Waals surface area contributed by atoms with Gasteiger partial charge in [-0.1, -0.05) is 6.07 Å². The number of pyridine rings is 1. The summed E-state index contributed by atoms with van der Waals surface area (Å²) in [6.45, 7) is 0. The van der Waals surface area contributed by atoms with Crippen LogP contribution in [-0.4, -0.2) is 14.6 Å². The first-order chi connectivity index (χ1) is 8.59. The molecular formula is C10H9N3O3S2. The molecular weight excluding hydrogens is 274 g/mol. The first-order valence-electron chi connectivity index (χ1n) is 4.86. The van der Waals surface area contributed by atoms with E-state index >= 15 is 0 Å². The van der Waals surface area contributed by atoms with Gasteiger partial charge < -0.3 is 5.21 Å². The van der Waals surface area contributed by atoms with Crippen LogP contribution >= 0.6 is 11.3 Å². The van der Waals surface area contributed by atoms with Crippen molar-refractivity contribution in [3.8, 4) is 0 Å². The molecule has 0 aromatic carbocycles. The number of rotatable bonds is 4. The Kier molecular flexibility index (Phi) is 3.58. The lowest BCUT2D eigenvalue weighted by atomic mass is 10.4. The van der Waals surface area contributed by atoms with Crippen LogP contribution in [0.15, 0.2) is 51.2 Å². The van der Waals surface area contributed by atoms with Crippen molar-refractivity contribution in [2.24, 2.45) is 5.10 Å². The summed E-state index contributed by atoms with van der Waals surface area (Å²) < 4.78 is 24.1. The molecule has 0 saturated carbocycles. The number of thiophene rings is 1. The number of sulfonamides is 1. The van der Waals surface area contributed by atoms with E-state index in [9.17, 15) is 13.6 Å². The summed E-state index contributed by atoms with van der Waals surface area (Å²) in [5, 5.41) is 16.5. The van der Waals surface area contributed by atoms with E-state index in [4.69, 9.17) is 0 Å². The lowest BCUT2D eigenvalue weighted by molar-refractivity contribution is -0.606. The van der Waals surface area contributed by atoms with Crippen molar-refractivity contribution in [1.82, 2.24) is 4.83 Å². The highest BCUT2D eigenvalue weighted by atomic mass is 32.2. The molecule has 0 aliphatic carbocycles. The molecule has 0 spiro atoms. The monoisotopic (exact) mass is 283 g/mol. The van der Waals surface area contributed by atoms with Gasteiger partial charge in [0.25, 0.3) is 10.0 Å². The van der Waals surface area contributed by atoms with E-state index in [-0.39, 0.29) is 9.90 Å². The minimum Gasteiger partial charge on any atom is -0.618 e. The van der Waals surface area contributed by atoms with Crippen LogP contribution in [0.4, 0.5) is 0 Å². The van der Waals surface area contributed by atoms with E-state index in [1.165, 1.54) is 18.3 Å². The molecule has 0 amide bonds. The summed E-state index contributed by atoms with van der Waals surface area (Å²) in [7, 11) is -3.64. The SMILES string of the molecule is O=S(=O)(NN=Cc1cccc[n+]1[O-])c1cccs1. The van der Waals surface area contributed by atoms with Gasteiger partial charge in [0.2, 0.25) is 5.69 Å². The van der Waals surface area contributed by atoms with Gasteiger partial charge in [-0.05, 0) is 17.5 Å². The van der Waals surface area contributed by atoms with Crippen LogP contribution in [0, 0.1) is 5.21 Å². The molecule has 2 aromatic rings. The zero-order chi connectivity index (χ0) is 13.0. The number of hydrogen-bond donors (Lipinski definition) is 1. The Bertz CT molecular complexity index is 651. The Morgan fingerprint density at radius 3 is 2.83 bits per heavy atom. The lowest BCUT2D eigenvalue weighted by Gasteiger charge is -2.00. The van der Waals surface area contributed by atoms with Crippen molar-refractivity contribution in [2.75, 3.05) is 0 Å². The second-order valence-electron chi connectivity index (χ2n) is 3.24. The number of nitrogens with one attached hydrogen (secondary N) is 1. The predicted octanol–water partition coefficient (Wildman–Crippen LogP) is 0.694. The van der Waals surface area contributed by atoms with Crippen LogP contribution in [-0.2, 0) is 10.0 Å². The Hall–Kier alpha value is -1.93. The molecule has 2 rings (SSSR count). The van der Waals surface area contributed by atoms with Crippen LogP contribution in [0.1, 0.15) is 5.69 Å². The van der Waals surface area contributed by atoms with Crippen molar-refractivity contribution in [2.45, 2.75) is 4.21 Å². The van der Waals surface area contributed by atoms with Crippen LogP contribution < -0.4 is 9.56 Å². The van der Waals surface area contributed by atoms with Crippen molar-refractivity contribution < 1.29 is 13.1 Å². The molecule has 94 valence electrons. The molecule has 0 aliphatic heterocycles. The van der Waals surface area contributed by atoms with E-state index in [2.05, 4.69) is 5.10 Å². The maximum Gasteiger partial charge on any atom is 0.286 e. The summed E-state index contributed by atoms with van der Waals surface area (Å²) >= 11 is 1.09. The highest BCUT2D eigenvalue weighted by Crippen LogP contribution is 2.14. The molecule has 6 nitrogen and oxygen atoms in total. The Labute approximate surface area is 108 Å². The summed E-state index contributed by atoms with van der Waals surface area (Å²) in [5.41, 5.74) is 0.242. The Morgan fingerprint density at radius 1 is 1.33 bits per heavy atom. The standard InChI is InChI=1S/C10H9N3O3S2/c14-13-6-2-1-4-9(13)8-11-12-18(15,16)10-5-3-7-17-10/h1-8,12H. The molecule has 1 N–H and O–H groups in total. The number of hydrazone groups is 1. The summed E-state index contributed by atoms with van der Waals surface area (Å²) in [6.07, 6.45) is 2.45. The van der Waals surface area contributed by atoms with Crippen LogP contribution in [0.3, 0.4) is 0 Å². The molecule has 0 atom stereocenters. The van der Waals surface area contributed by atoms with Gasteiger partial charge in [-0.25, -0.2) is 0 Å². The fourth-order valence-electron chi connectivity index (χ4n) is 1.16. The van der Waals surface area contributed by atoms with Crippen LogP contribution in [0.25, 0.3) is 0 Å². The quantitative estimate of drug-likeness (QED) is 0.388. The molecule has 18 heavy (non-hydrogen) atoms. The molecule has 0 aliphatic rings. The first-order valence-corrected chi connectivity index (χ1v) is 7.22. The first kappa shape index (κ1) is 12.5. The smallest absolute Gasteiger partial charge is 0.286 e. The molecule has 2 heterocycles. The van der Waals surface area contributed by atoms with Gasteiger partial charge in [-0.3, -0.25) is 0 Å². The second kappa shape index (κ2) is 5.15. The van der Waals surface area contributed by atoms with E-state index in [0.717, 1.165) is 17.6 Å². The third kappa shape index (κ3) is 2.84. The molecule has 0 fully saturated rings.